The first-order valence-corrected chi connectivity index (χ1v) is 6.24. The molecule has 0 unspecified atom stereocenters. The number of hydrogen-bond acceptors (Lipinski definition) is 5. The van der Waals surface area contributed by atoms with E-state index in [0.717, 1.165) is 11.3 Å². The second kappa shape index (κ2) is 6.63. The topological polar surface area (TPSA) is 77.3 Å². The zero-order valence-electron chi connectivity index (χ0n) is 11.1. The lowest BCUT2D eigenvalue weighted by Gasteiger charge is -2.08. The first kappa shape index (κ1) is 14.0. The molecule has 0 aliphatic carbocycles. The van der Waals surface area contributed by atoms with Crippen molar-refractivity contribution in [3.63, 3.8) is 0 Å². The Hall–Kier alpha value is -2.47. The van der Waals surface area contributed by atoms with Gasteiger partial charge in [-0.3, -0.25) is 10.1 Å². The van der Waals surface area contributed by atoms with Crippen molar-refractivity contribution in [2.24, 2.45) is 0 Å². The van der Waals surface area contributed by atoms with Crippen LogP contribution in [0.2, 0.25) is 0 Å². The van der Waals surface area contributed by atoms with Gasteiger partial charge < -0.3 is 10.1 Å². The predicted molar refractivity (Wildman–Crippen MR) is 75.9 cm³/mol. The highest BCUT2D eigenvalue weighted by atomic mass is 16.6. The van der Waals surface area contributed by atoms with Crippen LogP contribution >= 0.6 is 0 Å². The van der Waals surface area contributed by atoms with Gasteiger partial charge in [-0.25, -0.2) is 4.98 Å². The molecule has 0 amide bonds. The Balaban J connectivity index is 2.20. The van der Waals surface area contributed by atoms with Crippen molar-refractivity contribution >= 4 is 17.2 Å². The molecule has 2 aromatic rings. The van der Waals surface area contributed by atoms with Gasteiger partial charge in [0, 0.05) is 24.6 Å². The standard InChI is InChI=1S/C14H15N3O3/c1-2-20-10-11-5-3-6-12(9-11)16-14-13(17(18)19)7-4-8-15-14/h3-9H,2,10H2,1H3,(H,15,16). The van der Waals surface area contributed by atoms with Gasteiger partial charge in [0.25, 0.3) is 0 Å². The summed E-state index contributed by atoms with van der Waals surface area (Å²) in [6.45, 7) is 3.08. The summed E-state index contributed by atoms with van der Waals surface area (Å²) in [5, 5.41) is 13.9. The van der Waals surface area contributed by atoms with Crippen LogP contribution in [-0.2, 0) is 11.3 Å². The average Bonchev–Trinajstić information content (AvgIpc) is 2.46. The van der Waals surface area contributed by atoms with Gasteiger partial charge in [-0.2, -0.15) is 0 Å². The molecule has 2 rings (SSSR count). The normalized spacial score (nSPS) is 10.2. The van der Waals surface area contributed by atoms with Gasteiger partial charge in [0.05, 0.1) is 11.5 Å². The van der Waals surface area contributed by atoms with E-state index in [4.69, 9.17) is 4.74 Å². The van der Waals surface area contributed by atoms with E-state index in [1.54, 1.807) is 0 Å². The van der Waals surface area contributed by atoms with Crippen LogP contribution < -0.4 is 5.32 Å². The number of nitrogens with zero attached hydrogens (tertiary/aromatic N) is 2. The molecule has 0 atom stereocenters. The fourth-order valence-electron chi connectivity index (χ4n) is 1.74. The fourth-order valence-corrected chi connectivity index (χ4v) is 1.74. The number of nitrogens with one attached hydrogen (secondary N) is 1. The molecule has 0 bridgehead atoms. The Morgan fingerprint density at radius 1 is 1.35 bits per heavy atom. The van der Waals surface area contributed by atoms with E-state index in [2.05, 4.69) is 10.3 Å². The molecule has 6 heteroatoms. The number of pyridine rings is 1. The monoisotopic (exact) mass is 273 g/mol. The van der Waals surface area contributed by atoms with Crippen LogP contribution in [0.1, 0.15) is 12.5 Å². The molecule has 0 aliphatic heterocycles. The van der Waals surface area contributed by atoms with E-state index in [9.17, 15) is 10.1 Å². The molecule has 104 valence electrons. The van der Waals surface area contributed by atoms with Gasteiger partial charge in [0.1, 0.15) is 0 Å². The predicted octanol–water partition coefficient (Wildman–Crippen LogP) is 3.27. The van der Waals surface area contributed by atoms with E-state index in [1.807, 2.05) is 31.2 Å². The highest BCUT2D eigenvalue weighted by molar-refractivity contribution is 5.65. The molecule has 20 heavy (non-hydrogen) atoms. The lowest BCUT2D eigenvalue weighted by Crippen LogP contribution is -2.00. The van der Waals surface area contributed by atoms with Gasteiger partial charge in [-0.05, 0) is 30.7 Å². The van der Waals surface area contributed by atoms with Crippen LogP contribution in [0, 0.1) is 10.1 Å². The Bertz CT molecular complexity index is 602. The molecule has 1 N–H and O–H groups in total. The summed E-state index contributed by atoms with van der Waals surface area (Å²) in [6.07, 6.45) is 1.51. The highest BCUT2D eigenvalue weighted by Crippen LogP contribution is 2.24. The maximum Gasteiger partial charge on any atom is 0.311 e. The van der Waals surface area contributed by atoms with Crippen molar-refractivity contribution in [3.8, 4) is 0 Å². The van der Waals surface area contributed by atoms with Gasteiger partial charge in [-0.15, -0.1) is 0 Å². The van der Waals surface area contributed by atoms with E-state index >= 15 is 0 Å². The Morgan fingerprint density at radius 2 is 2.20 bits per heavy atom. The molecule has 0 fully saturated rings. The molecule has 0 aliphatic rings. The van der Waals surface area contributed by atoms with E-state index in [0.29, 0.717) is 13.2 Å². The minimum atomic E-state index is -0.459. The van der Waals surface area contributed by atoms with Gasteiger partial charge in [0.2, 0.25) is 5.82 Å². The van der Waals surface area contributed by atoms with E-state index < -0.39 is 4.92 Å². The number of benzene rings is 1. The molecule has 1 heterocycles. The van der Waals surface area contributed by atoms with Crippen LogP contribution in [0.15, 0.2) is 42.6 Å². The van der Waals surface area contributed by atoms with Gasteiger partial charge >= 0.3 is 5.69 Å². The third-order valence-corrected chi connectivity index (χ3v) is 2.65. The Labute approximate surface area is 116 Å². The highest BCUT2D eigenvalue weighted by Gasteiger charge is 2.13. The largest absolute Gasteiger partial charge is 0.377 e. The minimum Gasteiger partial charge on any atom is -0.377 e. The summed E-state index contributed by atoms with van der Waals surface area (Å²) in [5.74, 6) is 0.228. The zero-order valence-corrected chi connectivity index (χ0v) is 11.1. The van der Waals surface area contributed by atoms with Gasteiger partial charge in [0.15, 0.2) is 0 Å². The summed E-state index contributed by atoms with van der Waals surface area (Å²) in [7, 11) is 0. The molecular formula is C14H15N3O3. The second-order valence-corrected chi connectivity index (χ2v) is 4.09. The molecule has 1 aromatic carbocycles. The summed E-state index contributed by atoms with van der Waals surface area (Å²) in [6, 6.07) is 10.5. The van der Waals surface area contributed by atoms with E-state index in [-0.39, 0.29) is 11.5 Å². The van der Waals surface area contributed by atoms with Crippen molar-refractivity contribution in [1.29, 1.82) is 0 Å². The van der Waals surface area contributed by atoms with Crippen LogP contribution in [0.4, 0.5) is 17.2 Å². The molecular weight excluding hydrogens is 258 g/mol. The minimum absolute atomic E-state index is 0.0530. The molecule has 0 saturated heterocycles. The molecule has 0 spiro atoms. The number of rotatable bonds is 6. The quantitative estimate of drug-likeness (QED) is 0.645. The fraction of sp³-hybridized carbons (Fsp3) is 0.214. The zero-order chi connectivity index (χ0) is 14.4. The van der Waals surface area contributed by atoms with Gasteiger partial charge in [-0.1, -0.05) is 12.1 Å². The van der Waals surface area contributed by atoms with Crippen LogP contribution in [-0.4, -0.2) is 16.5 Å². The van der Waals surface area contributed by atoms with Crippen LogP contribution in [0.5, 0.6) is 0 Å². The Morgan fingerprint density at radius 3 is 2.95 bits per heavy atom. The van der Waals surface area contributed by atoms with Crippen molar-refractivity contribution < 1.29 is 9.66 Å². The lowest BCUT2D eigenvalue weighted by molar-refractivity contribution is -0.384. The van der Waals surface area contributed by atoms with Crippen molar-refractivity contribution in [2.75, 3.05) is 11.9 Å². The SMILES string of the molecule is CCOCc1cccc(Nc2ncccc2[N+](=O)[O-])c1. The molecule has 6 nitrogen and oxygen atoms in total. The maximum absolute atomic E-state index is 10.9. The third-order valence-electron chi connectivity index (χ3n) is 2.65. The molecule has 0 radical (unpaired) electrons. The van der Waals surface area contributed by atoms with Crippen molar-refractivity contribution in [1.82, 2.24) is 4.98 Å². The first-order chi connectivity index (χ1) is 9.70. The third kappa shape index (κ3) is 3.52. The second-order valence-electron chi connectivity index (χ2n) is 4.09. The number of anilines is 2. The summed E-state index contributed by atoms with van der Waals surface area (Å²) in [4.78, 5) is 14.5. The van der Waals surface area contributed by atoms with E-state index in [1.165, 1.54) is 18.3 Å². The average molecular weight is 273 g/mol. The number of hydrogen-bond donors (Lipinski definition) is 1. The summed E-state index contributed by atoms with van der Waals surface area (Å²) in [5.41, 5.74) is 1.68. The van der Waals surface area contributed by atoms with Crippen molar-refractivity contribution in [2.45, 2.75) is 13.5 Å². The summed E-state index contributed by atoms with van der Waals surface area (Å²) >= 11 is 0. The van der Waals surface area contributed by atoms with Crippen molar-refractivity contribution in [3.05, 3.63) is 58.3 Å². The molecule has 1 aromatic heterocycles. The van der Waals surface area contributed by atoms with Crippen LogP contribution in [0.25, 0.3) is 0 Å². The van der Waals surface area contributed by atoms with Crippen LogP contribution in [0.3, 0.4) is 0 Å². The first-order valence-electron chi connectivity index (χ1n) is 6.24. The number of nitro groups is 1. The Kier molecular flexibility index (Phi) is 4.62. The number of aromatic nitrogens is 1. The lowest BCUT2D eigenvalue weighted by atomic mass is 10.2. The summed E-state index contributed by atoms with van der Waals surface area (Å²) < 4.78 is 5.34. The maximum atomic E-state index is 10.9. The smallest absolute Gasteiger partial charge is 0.311 e. The molecule has 0 saturated carbocycles. The number of ether oxygens (including phenoxy) is 1.